The number of hydrogen-bond acceptors (Lipinski definition) is 2. The molecule has 1 unspecified atom stereocenters. The second-order valence-electron chi connectivity index (χ2n) is 4.59. The van der Waals surface area contributed by atoms with E-state index >= 15 is 0 Å². The molecule has 2 rings (SSSR count). The van der Waals surface area contributed by atoms with Crippen LogP contribution in [0.5, 0.6) is 0 Å². The van der Waals surface area contributed by atoms with E-state index in [1.54, 1.807) is 6.07 Å². The maximum Gasteiger partial charge on any atom is 0.220 e. The largest absolute Gasteiger partial charge is 0.352 e. The quantitative estimate of drug-likeness (QED) is 0.880. The zero-order valence-electron chi connectivity index (χ0n) is 10.0. The number of nitrogens with one attached hydrogen (secondary N) is 2. The second-order valence-corrected chi connectivity index (χ2v) is 5.00. The summed E-state index contributed by atoms with van der Waals surface area (Å²) in [4.78, 5) is 11.7. The third-order valence-electron chi connectivity index (χ3n) is 3.11. The minimum atomic E-state index is -0.441. The van der Waals surface area contributed by atoms with Gasteiger partial charge in [-0.3, -0.25) is 4.79 Å². The van der Waals surface area contributed by atoms with Crippen molar-refractivity contribution < 1.29 is 9.18 Å². The summed E-state index contributed by atoms with van der Waals surface area (Å²) in [6.45, 7) is 2.29. The Morgan fingerprint density at radius 1 is 1.56 bits per heavy atom. The summed E-state index contributed by atoms with van der Waals surface area (Å²) in [6.07, 6.45) is 1.59. The van der Waals surface area contributed by atoms with Crippen LogP contribution in [0.25, 0.3) is 0 Å². The first-order valence-corrected chi connectivity index (χ1v) is 6.44. The summed E-state index contributed by atoms with van der Waals surface area (Å²) in [6, 6.07) is 4.47. The molecule has 0 bridgehead atoms. The Bertz CT molecular complexity index is 433. The lowest BCUT2D eigenvalue weighted by Gasteiger charge is -2.09. The molecular formula is C13H16ClFN2O. The van der Waals surface area contributed by atoms with Crippen LogP contribution in [-0.4, -0.2) is 19.0 Å². The van der Waals surface area contributed by atoms with Gasteiger partial charge in [0.1, 0.15) is 5.82 Å². The zero-order valence-corrected chi connectivity index (χ0v) is 10.8. The summed E-state index contributed by atoms with van der Waals surface area (Å²) in [5.74, 6) is 0.0229. The molecule has 5 heteroatoms. The Labute approximate surface area is 111 Å². The van der Waals surface area contributed by atoms with Crippen molar-refractivity contribution >= 4 is 17.5 Å². The normalized spacial score (nSPS) is 18.9. The molecule has 1 heterocycles. The maximum absolute atomic E-state index is 12.9. The highest BCUT2D eigenvalue weighted by atomic mass is 35.5. The highest BCUT2D eigenvalue weighted by Crippen LogP contribution is 2.16. The van der Waals surface area contributed by atoms with Gasteiger partial charge in [0.2, 0.25) is 5.91 Å². The lowest BCUT2D eigenvalue weighted by Crippen LogP contribution is -2.25. The van der Waals surface area contributed by atoms with Crippen molar-refractivity contribution in [1.29, 1.82) is 0 Å². The lowest BCUT2D eigenvalue weighted by atomic mass is 10.0. The molecule has 0 aliphatic carbocycles. The molecule has 1 fully saturated rings. The molecule has 2 N–H and O–H groups in total. The number of amides is 1. The molecule has 1 aliphatic heterocycles. The summed E-state index contributed by atoms with van der Waals surface area (Å²) in [5.41, 5.74) is 0.805. The second kappa shape index (κ2) is 6.16. The van der Waals surface area contributed by atoms with Crippen LogP contribution in [0.1, 0.15) is 18.4 Å². The van der Waals surface area contributed by atoms with Crippen LogP contribution in [0.3, 0.4) is 0 Å². The van der Waals surface area contributed by atoms with Gasteiger partial charge in [-0.1, -0.05) is 17.7 Å². The monoisotopic (exact) mass is 270 g/mol. The average Bonchev–Trinajstić information content (AvgIpc) is 2.83. The Kier molecular flexibility index (Phi) is 4.55. The highest BCUT2D eigenvalue weighted by Gasteiger charge is 2.17. The molecular weight excluding hydrogens is 255 g/mol. The molecule has 18 heavy (non-hydrogen) atoms. The minimum absolute atomic E-state index is 0.0316. The van der Waals surface area contributed by atoms with Gasteiger partial charge in [-0.2, -0.15) is 0 Å². The van der Waals surface area contributed by atoms with Gasteiger partial charge in [-0.25, -0.2) is 4.39 Å². The third kappa shape index (κ3) is 3.68. The van der Waals surface area contributed by atoms with Crippen molar-refractivity contribution in [1.82, 2.24) is 10.6 Å². The molecule has 1 aliphatic rings. The van der Waals surface area contributed by atoms with Crippen LogP contribution < -0.4 is 10.6 Å². The topological polar surface area (TPSA) is 41.1 Å². The van der Waals surface area contributed by atoms with Crippen molar-refractivity contribution in [2.24, 2.45) is 5.92 Å². The highest BCUT2D eigenvalue weighted by molar-refractivity contribution is 6.30. The number of carbonyl (C=O) groups is 1. The lowest BCUT2D eigenvalue weighted by molar-refractivity contribution is -0.122. The average molecular weight is 271 g/mol. The Hall–Kier alpha value is -1.13. The van der Waals surface area contributed by atoms with Gasteiger partial charge in [-0.05, 0) is 43.1 Å². The first-order chi connectivity index (χ1) is 8.65. The van der Waals surface area contributed by atoms with E-state index in [4.69, 9.17) is 11.6 Å². The van der Waals surface area contributed by atoms with E-state index in [0.717, 1.165) is 25.1 Å². The van der Waals surface area contributed by atoms with Crippen LogP contribution in [0, 0.1) is 11.7 Å². The van der Waals surface area contributed by atoms with Crippen molar-refractivity contribution in [3.05, 3.63) is 34.6 Å². The zero-order chi connectivity index (χ0) is 13.0. The van der Waals surface area contributed by atoms with Gasteiger partial charge in [-0.15, -0.1) is 0 Å². The number of carbonyl (C=O) groups excluding carboxylic acids is 1. The minimum Gasteiger partial charge on any atom is -0.352 e. The van der Waals surface area contributed by atoms with E-state index in [1.807, 2.05) is 0 Å². The first kappa shape index (κ1) is 13.3. The van der Waals surface area contributed by atoms with E-state index in [9.17, 15) is 9.18 Å². The van der Waals surface area contributed by atoms with E-state index in [2.05, 4.69) is 10.6 Å². The van der Waals surface area contributed by atoms with Gasteiger partial charge in [0, 0.05) is 13.0 Å². The van der Waals surface area contributed by atoms with Gasteiger partial charge < -0.3 is 10.6 Å². The van der Waals surface area contributed by atoms with E-state index in [1.165, 1.54) is 12.1 Å². The van der Waals surface area contributed by atoms with Crippen molar-refractivity contribution in [3.63, 3.8) is 0 Å². The summed E-state index contributed by atoms with van der Waals surface area (Å²) in [5, 5.41) is 6.14. The smallest absolute Gasteiger partial charge is 0.220 e. The van der Waals surface area contributed by atoms with Crippen LogP contribution in [0.15, 0.2) is 18.2 Å². The maximum atomic E-state index is 12.9. The standard InChI is InChI=1S/C13H16ClFN2O/c14-11-5-9(1-2-12(11)15)8-17-13(18)6-10-3-4-16-7-10/h1-2,5,10,16H,3-4,6-8H2,(H,17,18). The van der Waals surface area contributed by atoms with Gasteiger partial charge in [0.25, 0.3) is 0 Å². The molecule has 0 saturated carbocycles. The molecule has 3 nitrogen and oxygen atoms in total. The fourth-order valence-corrected chi connectivity index (χ4v) is 2.28. The summed E-state index contributed by atoms with van der Waals surface area (Å²) < 4.78 is 12.9. The third-order valence-corrected chi connectivity index (χ3v) is 3.40. The Morgan fingerprint density at radius 3 is 3.06 bits per heavy atom. The number of hydrogen-bond donors (Lipinski definition) is 2. The fraction of sp³-hybridized carbons (Fsp3) is 0.462. The predicted octanol–water partition coefficient (Wildman–Crippen LogP) is 2.09. The summed E-state index contributed by atoms with van der Waals surface area (Å²) in [7, 11) is 0. The van der Waals surface area contributed by atoms with E-state index in [0.29, 0.717) is 18.9 Å². The van der Waals surface area contributed by atoms with E-state index in [-0.39, 0.29) is 10.9 Å². The summed E-state index contributed by atoms with van der Waals surface area (Å²) >= 11 is 5.67. The van der Waals surface area contributed by atoms with Gasteiger partial charge in [0.05, 0.1) is 5.02 Å². The van der Waals surface area contributed by atoms with Crippen molar-refractivity contribution in [2.75, 3.05) is 13.1 Å². The van der Waals surface area contributed by atoms with Crippen LogP contribution in [0.2, 0.25) is 5.02 Å². The molecule has 98 valence electrons. The molecule has 0 radical (unpaired) electrons. The number of rotatable bonds is 4. The van der Waals surface area contributed by atoms with Gasteiger partial charge >= 0.3 is 0 Å². The fourth-order valence-electron chi connectivity index (χ4n) is 2.07. The Morgan fingerprint density at radius 2 is 2.39 bits per heavy atom. The number of benzene rings is 1. The van der Waals surface area contributed by atoms with E-state index < -0.39 is 5.82 Å². The number of halogens is 2. The van der Waals surface area contributed by atoms with Crippen LogP contribution in [0.4, 0.5) is 4.39 Å². The molecule has 1 amide bonds. The molecule has 1 aromatic rings. The Balaban J connectivity index is 1.79. The molecule has 1 aromatic carbocycles. The van der Waals surface area contributed by atoms with Crippen LogP contribution >= 0.6 is 11.6 Å². The van der Waals surface area contributed by atoms with Crippen LogP contribution in [-0.2, 0) is 11.3 Å². The first-order valence-electron chi connectivity index (χ1n) is 6.06. The predicted molar refractivity (Wildman–Crippen MR) is 68.9 cm³/mol. The SMILES string of the molecule is O=C(CC1CCNC1)NCc1ccc(F)c(Cl)c1. The van der Waals surface area contributed by atoms with Crippen molar-refractivity contribution in [3.8, 4) is 0 Å². The van der Waals surface area contributed by atoms with Gasteiger partial charge in [0.15, 0.2) is 0 Å². The van der Waals surface area contributed by atoms with Crippen molar-refractivity contribution in [2.45, 2.75) is 19.4 Å². The molecule has 0 aromatic heterocycles. The molecule has 0 spiro atoms. The molecule has 1 atom stereocenters. The molecule has 1 saturated heterocycles.